The Bertz CT molecular complexity index is 1240. The number of hydrogen-bond donors (Lipinski definition) is 2. The first-order chi connectivity index (χ1) is 20.3. The number of hydrogen-bond acceptors (Lipinski definition) is 4. The molecule has 1 fully saturated rings. The molecule has 1 aliphatic carbocycles. The minimum atomic E-state index is -1.45. The van der Waals surface area contributed by atoms with Gasteiger partial charge in [-0.15, -0.1) is 0 Å². The first-order valence-corrected chi connectivity index (χ1v) is 14.3. The maximum Gasteiger partial charge on any atom is 0.308 e. The molecule has 0 saturated heterocycles. The fraction of sp³-hybridized carbons (Fsp3) is 0.412. The molecule has 1 aliphatic rings. The number of carbonyl (C=O) groups excluding carboxylic acids is 2. The minimum absolute atomic E-state index is 0.0479. The van der Waals surface area contributed by atoms with Crippen molar-refractivity contribution in [2.75, 3.05) is 26.2 Å². The zero-order chi connectivity index (χ0) is 30.5. The van der Waals surface area contributed by atoms with E-state index < -0.39 is 47.4 Å². The normalized spacial score (nSPS) is 18.7. The number of carbonyl (C=O) groups is 4. The number of carboxylic acids is 2. The molecule has 8 heteroatoms. The van der Waals surface area contributed by atoms with Crippen molar-refractivity contribution in [2.45, 2.75) is 39.5 Å². The van der Waals surface area contributed by atoms with Crippen LogP contribution in [-0.4, -0.2) is 69.9 Å². The topological polar surface area (TPSA) is 115 Å². The van der Waals surface area contributed by atoms with Crippen LogP contribution >= 0.6 is 0 Å². The van der Waals surface area contributed by atoms with Crippen LogP contribution in [-0.2, 0) is 32.0 Å². The van der Waals surface area contributed by atoms with E-state index in [2.05, 4.69) is 23.7 Å². The molecule has 2 aromatic rings. The van der Waals surface area contributed by atoms with Crippen molar-refractivity contribution in [3.05, 3.63) is 71.8 Å². The highest BCUT2D eigenvalue weighted by Crippen LogP contribution is 2.48. The van der Waals surface area contributed by atoms with Gasteiger partial charge in [0.15, 0.2) is 0 Å². The second-order valence-electron chi connectivity index (χ2n) is 10.3. The van der Waals surface area contributed by atoms with Gasteiger partial charge in [0.25, 0.3) is 0 Å². The summed E-state index contributed by atoms with van der Waals surface area (Å²) in [6.07, 6.45) is 2.16. The molecular formula is C34H38N2O6. The SMILES string of the molecule is CCCN(CC#CCc1ccccc1)C(=O)[C@H]1[C@H](C(=O)O)[C@H](C(=O)N(CC#CCc2ccccc2)CCC)[C@@H]1C(=O)O. The van der Waals surface area contributed by atoms with Gasteiger partial charge >= 0.3 is 11.9 Å². The molecule has 0 spiro atoms. The molecular weight excluding hydrogens is 532 g/mol. The van der Waals surface area contributed by atoms with Gasteiger partial charge < -0.3 is 20.0 Å². The predicted octanol–water partition coefficient (Wildman–Crippen LogP) is 3.60. The first kappa shape index (κ1) is 32.0. The van der Waals surface area contributed by atoms with Gasteiger partial charge in [-0.25, -0.2) is 0 Å². The van der Waals surface area contributed by atoms with E-state index in [0.29, 0.717) is 38.8 Å². The van der Waals surface area contributed by atoms with Crippen LogP contribution in [0.25, 0.3) is 0 Å². The molecule has 2 N–H and O–H groups in total. The zero-order valence-electron chi connectivity index (χ0n) is 24.2. The smallest absolute Gasteiger partial charge is 0.308 e. The second-order valence-corrected chi connectivity index (χ2v) is 10.3. The lowest BCUT2D eigenvalue weighted by molar-refractivity contribution is -0.187. The Morgan fingerprint density at radius 2 is 0.952 bits per heavy atom. The molecule has 2 aromatic carbocycles. The molecule has 3 rings (SSSR count). The van der Waals surface area contributed by atoms with E-state index in [9.17, 15) is 29.4 Å². The lowest BCUT2D eigenvalue weighted by atomic mass is 9.55. The van der Waals surface area contributed by atoms with Crippen LogP contribution < -0.4 is 0 Å². The summed E-state index contributed by atoms with van der Waals surface area (Å²) in [5, 5.41) is 20.2. The Hall–Kier alpha value is -4.56. The van der Waals surface area contributed by atoms with Gasteiger partial charge in [0.1, 0.15) is 0 Å². The highest BCUT2D eigenvalue weighted by Gasteiger charge is 2.64. The van der Waals surface area contributed by atoms with E-state index in [1.165, 1.54) is 9.80 Å². The maximum atomic E-state index is 13.6. The van der Waals surface area contributed by atoms with E-state index in [0.717, 1.165) is 11.1 Å². The highest BCUT2D eigenvalue weighted by atomic mass is 16.4. The van der Waals surface area contributed by atoms with Crippen molar-refractivity contribution in [2.24, 2.45) is 23.7 Å². The van der Waals surface area contributed by atoms with Gasteiger partial charge in [-0.3, -0.25) is 19.2 Å². The average molecular weight is 571 g/mol. The first-order valence-electron chi connectivity index (χ1n) is 14.3. The van der Waals surface area contributed by atoms with E-state index in [1.807, 2.05) is 74.5 Å². The van der Waals surface area contributed by atoms with E-state index in [4.69, 9.17) is 0 Å². The Morgan fingerprint density at radius 1 is 0.595 bits per heavy atom. The lowest BCUT2D eigenvalue weighted by Crippen LogP contribution is -2.64. The van der Waals surface area contributed by atoms with Gasteiger partial charge in [-0.1, -0.05) is 98.2 Å². The molecule has 0 atom stereocenters. The zero-order valence-corrected chi connectivity index (χ0v) is 24.2. The molecule has 2 amide bonds. The summed E-state index contributed by atoms with van der Waals surface area (Å²) in [6, 6.07) is 19.2. The van der Waals surface area contributed by atoms with Gasteiger partial charge in [0, 0.05) is 25.9 Å². The van der Waals surface area contributed by atoms with Gasteiger partial charge in [0.05, 0.1) is 36.8 Å². The third kappa shape index (κ3) is 8.24. The summed E-state index contributed by atoms with van der Waals surface area (Å²) in [4.78, 5) is 54.8. The van der Waals surface area contributed by atoms with Crippen molar-refractivity contribution in [1.82, 2.24) is 9.80 Å². The monoisotopic (exact) mass is 570 g/mol. The highest BCUT2D eigenvalue weighted by molar-refractivity contribution is 5.99. The summed E-state index contributed by atoms with van der Waals surface area (Å²) in [5.41, 5.74) is 2.05. The van der Waals surface area contributed by atoms with Crippen LogP contribution in [0.5, 0.6) is 0 Å². The van der Waals surface area contributed by atoms with Gasteiger partial charge in [0.2, 0.25) is 11.8 Å². The Kier molecular flexibility index (Phi) is 12.2. The van der Waals surface area contributed by atoms with E-state index in [-0.39, 0.29) is 13.1 Å². The molecule has 1 saturated carbocycles. The number of benzene rings is 2. The number of amides is 2. The number of nitrogens with zero attached hydrogens (tertiary/aromatic N) is 2. The Labute approximate surface area is 247 Å². The van der Waals surface area contributed by atoms with Gasteiger partial charge in [-0.05, 0) is 24.0 Å². The standard InChI is InChI=1S/C34H38N2O6/c1-3-21-35(23-13-11-19-25-15-7-5-8-16-25)31(37)27-29(33(39)40)28(30(27)34(41)42)32(38)36(22-4-2)24-14-12-20-26-17-9-6-10-18-26/h5-10,15-18,27-30H,3-4,19-24H2,1-2H3,(H,39,40)(H,41,42)/t27-,28-,29-,30+. The largest absolute Gasteiger partial charge is 0.481 e. The van der Waals surface area contributed by atoms with E-state index >= 15 is 0 Å². The van der Waals surface area contributed by atoms with Crippen LogP contribution in [0, 0.1) is 47.4 Å². The van der Waals surface area contributed by atoms with Crippen LogP contribution in [0.3, 0.4) is 0 Å². The van der Waals surface area contributed by atoms with Gasteiger partial charge in [-0.2, -0.15) is 0 Å². The number of aliphatic carboxylic acids is 2. The third-order valence-corrected chi connectivity index (χ3v) is 7.36. The fourth-order valence-corrected chi connectivity index (χ4v) is 5.30. The third-order valence-electron chi connectivity index (χ3n) is 7.36. The molecule has 220 valence electrons. The second kappa shape index (κ2) is 16.0. The van der Waals surface area contributed by atoms with Crippen LogP contribution in [0.2, 0.25) is 0 Å². The van der Waals surface area contributed by atoms with Crippen LogP contribution in [0.15, 0.2) is 60.7 Å². The quantitative estimate of drug-likeness (QED) is 0.377. The molecule has 0 aromatic heterocycles. The molecule has 8 nitrogen and oxygen atoms in total. The lowest BCUT2D eigenvalue weighted by Gasteiger charge is -2.48. The molecule has 0 unspecified atom stereocenters. The van der Waals surface area contributed by atoms with Crippen molar-refractivity contribution < 1.29 is 29.4 Å². The molecule has 0 aliphatic heterocycles. The van der Waals surface area contributed by atoms with Crippen molar-refractivity contribution in [3.8, 4) is 23.7 Å². The summed E-state index contributed by atoms with van der Waals surface area (Å²) < 4.78 is 0. The van der Waals surface area contributed by atoms with Crippen LogP contribution in [0.1, 0.15) is 37.8 Å². The number of rotatable bonds is 12. The molecule has 0 heterocycles. The minimum Gasteiger partial charge on any atom is -0.481 e. The summed E-state index contributed by atoms with van der Waals surface area (Å²) in [5.74, 6) is 2.48. The maximum absolute atomic E-state index is 13.6. The molecule has 0 bridgehead atoms. The van der Waals surface area contributed by atoms with Crippen molar-refractivity contribution in [3.63, 3.8) is 0 Å². The summed E-state index contributed by atoms with van der Waals surface area (Å²) in [7, 11) is 0. The molecule has 42 heavy (non-hydrogen) atoms. The van der Waals surface area contributed by atoms with Crippen molar-refractivity contribution >= 4 is 23.8 Å². The predicted molar refractivity (Wildman–Crippen MR) is 159 cm³/mol. The molecule has 0 radical (unpaired) electrons. The number of carboxylic acid groups (broad SMARTS) is 2. The summed E-state index contributed by atoms with van der Waals surface area (Å²) in [6.45, 7) is 4.43. The average Bonchev–Trinajstić information content (AvgIpc) is 2.96. The van der Waals surface area contributed by atoms with Crippen LogP contribution in [0.4, 0.5) is 0 Å². The van der Waals surface area contributed by atoms with E-state index in [1.54, 1.807) is 0 Å². The van der Waals surface area contributed by atoms with Crippen molar-refractivity contribution in [1.29, 1.82) is 0 Å². The Balaban J connectivity index is 1.77. The summed E-state index contributed by atoms with van der Waals surface area (Å²) >= 11 is 0. The Morgan fingerprint density at radius 3 is 1.26 bits per heavy atom. The fourth-order valence-electron chi connectivity index (χ4n) is 5.30.